The molecule has 4 nitrogen and oxygen atoms in total. The van der Waals surface area contributed by atoms with Crippen LogP contribution in [0.5, 0.6) is 11.5 Å². The zero-order valence-electron chi connectivity index (χ0n) is 15.3. The first-order valence-electron chi connectivity index (χ1n) is 9.36. The third-order valence-electron chi connectivity index (χ3n) is 5.26. The second-order valence-electron chi connectivity index (χ2n) is 7.06. The van der Waals surface area contributed by atoms with Crippen molar-refractivity contribution in [3.05, 3.63) is 71.8 Å². The van der Waals surface area contributed by atoms with Gasteiger partial charge in [0.2, 0.25) is 0 Å². The average Bonchev–Trinajstić information content (AvgIpc) is 3.03. The van der Waals surface area contributed by atoms with Gasteiger partial charge in [0, 0.05) is 17.3 Å². The Balaban J connectivity index is 1.88. The van der Waals surface area contributed by atoms with Crippen molar-refractivity contribution in [3.8, 4) is 11.5 Å². The van der Waals surface area contributed by atoms with Crippen LogP contribution >= 0.6 is 0 Å². The number of nitrogens with two attached hydrogens (primary N) is 1. The lowest BCUT2D eigenvalue weighted by Gasteiger charge is -2.28. The highest BCUT2D eigenvalue weighted by Gasteiger charge is 2.29. The highest BCUT2D eigenvalue weighted by atomic mass is 16.5. The second kappa shape index (κ2) is 6.32. The lowest BCUT2D eigenvalue weighted by atomic mass is 10.1. The van der Waals surface area contributed by atoms with Crippen LogP contribution in [0.4, 0.5) is 0 Å². The molecule has 5 rings (SSSR count). The third-order valence-corrected chi connectivity index (χ3v) is 5.26. The summed E-state index contributed by atoms with van der Waals surface area (Å²) >= 11 is 0. The van der Waals surface area contributed by atoms with Gasteiger partial charge in [0.05, 0.1) is 17.1 Å². The number of para-hydroxylation sites is 1. The average molecular weight is 358 g/mol. The minimum atomic E-state index is 0.101. The summed E-state index contributed by atoms with van der Waals surface area (Å²) in [5.41, 5.74) is 10.4. The number of nitrogens with zero attached hydrogens (tertiary/aromatic N) is 1. The summed E-state index contributed by atoms with van der Waals surface area (Å²) in [6.45, 7) is 3.70. The summed E-state index contributed by atoms with van der Waals surface area (Å²) < 4.78 is 14.6. The van der Waals surface area contributed by atoms with E-state index in [-0.39, 0.29) is 6.04 Å². The van der Waals surface area contributed by atoms with Gasteiger partial charge in [0.25, 0.3) is 0 Å². The van der Waals surface area contributed by atoms with E-state index >= 15 is 0 Å². The maximum absolute atomic E-state index is 6.21. The quantitative estimate of drug-likeness (QED) is 0.587. The van der Waals surface area contributed by atoms with Crippen LogP contribution in [0.2, 0.25) is 0 Å². The first-order chi connectivity index (χ1) is 13.3. The summed E-state index contributed by atoms with van der Waals surface area (Å²) in [7, 11) is 0. The summed E-state index contributed by atoms with van der Waals surface area (Å²) in [6, 6.07) is 21.2. The SMILES string of the molecule is Cc1cc2c3c(c1)c1cccc(OCCN)c1n3C(c1ccccc1)CO2. The van der Waals surface area contributed by atoms with Gasteiger partial charge in [0.15, 0.2) is 0 Å². The number of aromatic nitrogens is 1. The molecule has 4 heteroatoms. The molecule has 0 amide bonds. The van der Waals surface area contributed by atoms with Gasteiger partial charge < -0.3 is 19.8 Å². The summed E-state index contributed by atoms with van der Waals surface area (Å²) in [6.07, 6.45) is 0. The van der Waals surface area contributed by atoms with Gasteiger partial charge in [0.1, 0.15) is 24.7 Å². The predicted molar refractivity (Wildman–Crippen MR) is 109 cm³/mol. The molecular formula is C23H22N2O2. The minimum Gasteiger partial charge on any atom is -0.490 e. The van der Waals surface area contributed by atoms with E-state index in [1.54, 1.807) is 0 Å². The van der Waals surface area contributed by atoms with Gasteiger partial charge >= 0.3 is 0 Å². The first kappa shape index (κ1) is 16.2. The van der Waals surface area contributed by atoms with Crippen molar-refractivity contribution in [3.63, 3.8) is 0 Å². The number of fused-ring (bicyclic) bond motifs is 3. The lowest BCUT2D eigenvalue weighted by Crippen LogP contribution is -2.23. The highest BCUT2D eigenvalue weighted by Crippen LogP contribution is 2.45. The molecule has 136 valence electrons. The Hall–Kier alpha value is -2.98. The van der Waals surface area contributed by atoms with Crippen molar-refractivity contribution >= 4 is 21.8 Å². The second-order valence-corrected chi connectivity index (χ2v) is 7.06. The number of rotatable bonds is 4. The summed E-state index contributed by atoms with van der Waals surface area (Å²) in [5.74, 6) is 1.82. The third kappa shape index (κ3) is 2.48. The Bertz CT molecular complexity index is 1130. The molecule has 0 bridgehead atoms. The Morgan fingerprint density at radius 3 is 2.70 bits per heavy atom. The van der Waals surface area contributed by atoms with E-state index in [9.17, 15) is 0 Å². The van der Waals surface area contributed by atoms with Crippen LogP contribution in [-0.2, 0) is 0 Å². The molecule has 0 fully saturated rings. The van der Waals surface area contributed by atoms with Gasteiger partial charge in [-0.1, -0.05) is 42.5 Å². The maximum atomic E-state index is 6.21. The molecule has 1 aliphatic rings. The molecule has 0 aliphatic carbocycles. The van der Waals surface area contributed by atoms with E-state index in [4.69, 9.17) is 15.2 Å². The van der Waals surface area contributed by atoms with Crippen molar-refractivity contribution in [1.82, 2.24) is 4.57 Å². The molecule has 0 radical (unpaired) electrons. The first-order valence-corrected chi connectivity index (χ1v) is 9.36. The molecule has 27 heavy (non-hydrogen) atoms. The van der Waals surface area contributed by atoms with Crippen molar-refractivity contribution < 1.29 is 9.47 Å². The lowest BCUT2D eigenvalue weighted by molar-refractivity contribution is 0.260. The maximum Gasteiger partial charge on any atom is 0.144 e. The molecule has 1 atom stereocenters. The van der Waals surface area contributed by atoms with E-state index < -0.39 is 0 Å². The topological polar surface area (TPSA) is 49.4 Å². The zero-order chi connectivity index (χ0) is 18.4. The molecule has 1 aliphatic heterocycles. The Kier molecular flexibility index (Phi) is 3.80. The van der Waals surface area contributed by atoms with Crippen LogP contribution in [0.15, 0.2) is 60.7 Å². The summed E-state index contributed by atoms with van der Waals surface area (Å²) in [5, 5.41) is 2.40. The highest BCUT2D eigenvalue weighted by molar-refractivity contribution is 6.12. The van der Waals surface area contributed by atoms with Crippen molar-refractivity contribution in [2.75, 3.05) is 19.8 Å². The van der Waals surface area contributed by atoms with Crippen LogP contribution in [0.1, 0.15) is 17.2 Å². The van der Waals surface area contributed by atoms with Gasteiger partial charge in [-0.15, -0.1) is 0 Å². The number of aryl methyl sites for hydroxylation is 1. The van der Waals surface area contributed by atoms with Crippen LogP contribution in [0.25, 0.3) is 21.8 Å². The standard InChI is InChI=1S/C23H22N2O2/c1-15-12-18-17-8-5-9-20(26-11-10-24)22(17)25-19(16-6-3-2-4-7-16)14-27-21(13-15)23(18)25/h2-9,12-13,19H,10-11,14,24H2,1H3. The smallest absolute Gasteiger partial charge is 0.144 e. The number of hydrogen-bond acceptors (Lipinski definition) is 3. The van der Waals surface area contributed by atoms with Gasteiger partial charge in [-0.25, -0.2) is 0 Å². The largest absolute Gasteiger partial charge is 0.490 e. The Labute approximate surface area is 158 Å². The minimum absolute atomic E-state index is 0.101. The van der Waals surface area contributed by atoms with E-state index in [0.717, 1.165) is 22.5 Å². The number of ether oxygens (including phenoxy) is 2. The van der Waals surface area contributed by atoms with Crippen LogP contribution in [0.3, 0.4) is 0 Å². The van der Waals surface area contributed by atoms with Gasteiger partial charge in [-0.2, -0.15) is 0 Å². The normalized spacial score (nSPS) is 15.9. The predicted octanol–water partition coefficient (Wildman–Crippen LogP) is 4.42. The number of hydrogen-bond donors (Lipinski definition) is 1. The molecule has 2 heterocycles. The Morgan fingerprint density at radius 1 is 1.04 bits per heavy atom. The zero-order valence-corrected chi connectivity index (χ0v) is 15.3. The molecule has 0 saturated carbocycles. The van der Waals surface area contributed by atoms with Crippen molar-refractivity contribution in [1.29, 1.82) is 0 Å². The molecular weight excluding hydrogens is 336 g/mol. The van der Waals surface area contributed by atoms with Crippen molar-refractivity contribution in [2.24, 2.45) is 5.73 Å². The molecule has 4 aromatic rings. The molecule has 0 saturated heterocycles. The van der Waals surface area contributed by atoms with Crippen molar-refractivity contribution in [2.45, 2.75) is 13.0 Å². The Morgan fingerprint density at radius 2 is 1.89 bits per heavy atom. The molecule has 3 aromatic carbocycles. The van der Waals surface area contributed by atoms with Gasteiger partial charge in [-0.05, 0) is 36.2 Å². The van der Waals surface area contributed by atoms with E-state index in [1.807, 2.05) is 12.1 Å². The van der Waals surface area contributed by atoms with Crippen LogP contribution < -0.4 is 15.2 Å². The molecule has 1 unspecified atom stereocenters. The fourth-order valence-corrected chi connectivity index (χ4v) is 4.17. The van der Waals surface area contributed by atoms with Crippen LogP contribution in [-0.4, -0.2) is 24.3 Å². The molecule has 0 spiro atoms. The fourth-order valence-electron chi connectivity index (χ4n) is 4.17. The number of benzene rings is 3. The molecule has 2 N–H and O–H groups in total. The summed E-state index contributed by atoms with van der Waals surface area (Å²) in [4.78, 5) is 0. The molecule has 1 aromatic heterocycles. The van der Waals surface area contributed by atoms with E-state index in [2.05, 4.69) is 60.0 Å². The monoisotopic (exact) mass is 358 g/mol. The van der Waals surface area contributed by atoms with E-state index in [1.165, 1.54) is 21.9 Å². The van der Waals surface area contributed by atoms with Gasteiger partial charge in [-0.3, -0.25) is 0 Å². The fraction of sp³-hybridized carbons (Fsp3) is 0.217. The van der Waals surface area contributed by atoms with E-state index in [0.29, 0.717) is 19.8 Å². The van der Waals surface area contributed by atoms with Crippen LogP contribution in [0, 0.1) is 6.92 Å².